The number of ether oxygens (including phenoxy) is 2. The summed E-state index contributed by atoms with van der Waals surface area (Å²) in [7, 11) is 2.91. The lowest BCUT2D eigenvalue weighted by atomic mass is 9.86. The van der Waals surface area contributed by atoms with Crippen LogP contribution in [-0.4, -0.2) is 31.4 Å². The van der Waals surface area contributed by atoms with Crippen LogP contribution in [0.1, 0.15) is 49.8 Å². The summed E-state index contributed by atoms with van der Waals surface area (Å²) in [5.41, 5.74) is 5.84. The summed E-state index contributed by atoms with van der Waals surface area (Å²) in [6.07, 6.45) is 2.33. The number of carbonyl (C=O) groups excluding carboxylic acids is 1. The normalized spacial score (nSPS) is 18.5. The summed E-state index contributed by atoms with van der Waals surface area (Å²) >= 11 is 0. The molecule has 6 heteroatoms. The van der Waals surface area contributed by atoms with Gasteiger partial charge in [-0.05, 0) is 41.0 Å². The van der Waals surface area contributed by atoms with Gasteiger partial charge >= 0.3 is 0 Å². The smallest absolute Gasteiger partial charge is 0.243 e. The number of nitrogens with one attached hydrogen (secondary N) is 1. The van der Waals surface area contributed by atoms with Crippen LogP contribution < -0.4 is 14.9 Å². The molecule has 1 aliphatic rings. The van der Waals surface area contributed by atoms with E-state index < -0.39 is 0 Å². The Bertz CT molecular complexity index is 888. The van der Waals surface area contributed by atoms with Crippen molar-refractivity contribution >= 4 is 12.1 Å². The molecule has 0 heterocycles. The summed E-state index contributed by atoms with van der Waals surface area (Å²) in [6, 6.07) is 11.8. The zero-order chi connectivity index (χ0) is 21.2. The molecule has 1 amide bonds. The number of carbonyl (C=O) groups is 1. The number of hydrogen-bond acceptors (Lipinski definition) is 5. The van der Waals surface area contributed by atoms with E-state index in [4.69, 9.17) is 9.47 Å². The molecule has 6 nitrogen and oxygen atoms in total. The van der Waals surface area contributed by atoms with E-state index in [1.807, 2.05) is 0 Å². The molecule has 154 valence electrons. The van der Waals surface area contributed by atoms with Crippen LogP contribution in [0.4, 0.5) is 0 Å². The molecule has 29 heavy (non-hydrogen) atoms. The van der Waals surface area contributed by atoms with Crippen molar-refractivity contribution in [1.82, 2.24) is 5.43 Å². The highest BCUT2D eigenvalue weighted by atomic mass is 16.5. The summed E-state index contributed by atoms with van der Waals surface area (Å²) in [5, 5.41) is 14.0. The first-order chi connectivity index (χ1) is 13.7. The lowest BCUT2D eigenvalue weighted by Gasteiger charge is -2.19. The minimum absolute atomic E-state index is 0.0588. The van der Waals surface area contributed by atoms with Crippen LogP contribution in [0.3, 0.4) is 0 Å². The monoisotopic (exact) mass is 396 g/mol. The van der Waals surface area contributed by atoms with Gasteiger partial charge in [0, 0.05) is 11.5 Å². The first kappa shape index (κ1) is 20.7. The van der Waals surface area contributed by atoms with Crippen LogP contribution in [0, 0.1) is 5.92 Å². The third-order valence-corrected chi connectivity index (χ3v) is 5.22. The van der Waals surface area contributed by atoms with E-state index in [9.17, 15) is 9.90 Å². The molecule has 2 aromatic rings. The SMILES string of the molecule is COc1cc(/C=N/NC(=O)[C@H]2C[C@@H]2c2ccc(C(C)(C)C)cc2)cc(OC)c1O. The van der Waals surface area contributed by atoms with Crippen molar-refractivity contribution < 1.29 is 19.4 Å². The fraction of sp³-hybridized carbons (Fsp3) is 0.391. The molecule has 1 saturated carbocycles. The lowest BCUT2D eigenvalue weighted by Crippen LogP contribution is -2.20. The number of methoxy groups -OCH3 is 2. The van der Waals surface area contributed by atoms with E-state index in [0.717, 1.165) is 6.42 Å². The number of rotatable bonds is 6. The zero-order valence-electron chi connectivity index (χ0n) is 17.5. The van der Waals surface area contributed by atoms with Gasteiger partial charge in [-0.1, -0.05) is 45.0 Å². The first-order valence-corrected chi connectivity index (χ1v) is 9.63. The van der Waals surface area contributed by atoms with E-state index >= 15 is 0 Å². The van der Waals surface area contributed by atoms with Gasteiger partial charge in [0.05, 0.1) is 20.4 Å². The number of amides is 1. The predicted molar refractivity (Wildman–Crippen MR) is 113 cm³/mol. The Balaban J connectivity index is 1.60. The standard InChI is InChI=1S/C23H28N2O4/c1-23(2,3)16-8-6-15(7-9-16)17-12-18(17)22(27)25-24-13-14-10-19(28-4)21(26)20(11-14)29-5/h6-11,13,17-18,26H,12H2,1-5H3,(H,25,27)/b24-13+/t17-,18+/m1/s1. The maximum atomic E-state index is 12.4. The Morgan fingerprint density at radius 2 is 1.72 bits per heavy atom. The highest BCUT2D eigenvalue weighted by molar-refractivity contribution is 5.86. The Morgan fingerprint density at radius 1 is 1.14 bits per heavy atom. The zero-order valence-corrected chi connectivity index (χ0v) is 17.5. The largest absolute Gasteiger partial charge is 0.502 e. The van der Waals surface area contributed by atoms with Crippen molar-refractivity contribution in [3.63, 3.8) is 0 Å². The van der Waals surface area contributed by atoms with Gasteiger partial charge in [0.15, 0.2) is 11.5 Å². The Labute approximate surface area is 171 Å². The average Bonchev–Trinajstić information content (AvgIpc) is 3.49. The maximum absolute atomic E-state index is 12.4. The summed E-state index contributed by atoms with van der Waals surface area (Å²) in [5.74, 6) is 0.569. The van der Waals surface area contributed by atoms with E-state index in [0.29, 0.717) is 5.56 Å². The Kier molecular flexibility index (Phi) is 5.82. The molecule has 0 aliphatic heterocycles. The molecule has 0 unspecified atom stereocenters. The predicted octanol–water partition coefficient (Wildman–Crippen LogP) is 3.96. The Morgan fingerprint density at radius 3 is 2.24 bits per heavy atom. The van der Waals surface area contributed by atoms with Crippen molar-refractivity contribution in [3.05, 3.63) is 53.1 Å². The lowest BCUT2D eigenvalue weighted by molar-refractivity contribution is -0.122. The molecule has 2 N–H and O–H groups in total. The number of aromatic hydroxyl groups is 1. The first-order valence-electron chi connectivity index (χ1n) is 9.63. The fourth-order valence-corrected chi connectivity index (χ4v) is 3.33. The highest BCUT2D eigenvalue weighted by Gasteiger charge is 2.44. The second-order valence-electron chi connectivity index (χ2n) is 8.33. The fourth-order valence-electron chi connectivity index (χ4n) is 3.33. The van der Waals surface area contributed by atoms with Crippen LogP contribution in [-0.2, 0) is 10.2 Å². The minimum atomic E-state index is -0.0937. The molecule has 0 saturated heterocycles. The number of nitrogens with zero attached hydrogens (tertiary/aromatic N) is 1. The van der Waals surface area contributed by atoms with Gasteiger partial charge in [-0.3, -0.25) is 4.79 Å². The van der Waals surface area contributed by atoms with Crippen LogP contribution in [0.15, 0.2) is 41.5 Å². The van der Waals surface area contributed by atoms with Gasteiger partial charge in [0.25, 0.3) is 0 Å². The number of hydrogen-bond donors (Lipinski definition) is 2. The summed E-state index contributed by atoms with van der Waals surface area (Å²) in [6.45, 7) is 6.56. The van der Waals surface area contributed by atoms with E-state index in [2.05, 4.69) is 55.6 Å². The van der Waals surface area contributed by atoms with Gasteiger partial charge in [-0.2, -0.15) is 5.10 Å². The molecule has 0 aromatic heterocycles. The van der Waals surface area contributed by atoms with Crippen LogP contribution in [0.2, 0.25) is 0 Å². The molecule has 2 atom stereocenters. The molecule has 0 spiro atoms. The molecule has 0 bridgehead atoms. The second kappa shape index (κ2) is 8.15. The van der Waals surface area contributed by atoms with Gasteiger partial charge < -0.3 is 14.6 Å². The van der Waals surface area contributed by atoms with Crippen molar-refractivity contribution in [2.24, 2.45) is 11.0 Å². The van der Waals surface area contributed by atoms with Crippen molar-refractivity contribution in [1.29, 1.82) is 0 Å². The van der Waals surface area contributed by atoms with E-state index in [1.54, 1.807) is 12.1 Å². The molecular formula is C23H28N2O4. The summed E-state index contributed by atoms with van der Waals surface area (Å²) in [4.78, 5) is 12.4. The molecular weight excluding hydrogens is 368 g/mol. The van der Waals surface area contributed by atoms with Crippen molar-refractivity contribution in [3.8, 4) is 17.2 Å². The molecule has 3 rings (SSSR count). The van der Waals surface area contributed by atoms with Gasteiger partial charge in [-0.15, -0.1) is 0 Å². The average molecular weight is 396 g/mol. The topological polar surface area (TPSA) is 80.2 Å². The van der Waals surface area contributed by atoms with Gasteiger partial charge in [0.2, 0.25) is 11.7 Å². The van der Waals surface area contributed by atoms with Crippen LogP contribution in [0.5, 0.6) is 17.2 Å². The number of phenols is 1. The van der Waals surface area contributed by atoms with Crippen molar-refractivity contribution in [2.45, 2.75) is 38.5 Å². The number of phenolic OH excluding ortho intramolecular Hbond substituents is 1. The molecule has 2 aromatic carbocycles. The second-order valence-corrected chi connectivity index (χ2v) is 8.33. The summed E-state index contributed by atoms with van der Waals surface area (Å²) < 4.78 is 10.2. The Hall–Kier alpha value is -3.02. The van der Waals surface area contributed by atoms with Crippen LogP contribution in [0.25, 0.3) is 0 Å². The third kappa shape index (κ3) is 4.70. The highest BCUT2D eigenvalue weighted by Crippen LogP contribution is 2.47. The third-order valence-electron chi connectivity index (χ3n) is 5.22. The quantitative estimate of drug-likeness (QED) is 0.572. The number of benzene rings is 2. The maximum Gasteiger partial charge on any atom is 0.243 e. The minimum Gasteiger partial charge on any atom is -0.502 e. The molecule has 0 radical (unpaired) electrons. The van der Waals surface area contributed by atoms with Gasteiger partial charge in [-0.25, -0.2) is 5.43 Å². The van der Waals surface area contributed by atoms with Gasteiger partial charge in [0.1, 0.15) is 0 Å². The van der Waals surface area contributed by atoms with E-state index in [1.165, 1.54) is 31.6 Å². The van der Waals surface area contributed by atoms with Crippen LogP contribution >= 0.6 is 0 Å². The van der Waals surface area contributed by atoms with Crippen molar-refractivity contribution in [2.75, 3.05) is 14.2 Å². The molecule has 1 fully saturated rings. The number of hydrazone groups is 1. The molecule has 1 aliphatic carbocycles. The van der Waals surface area contributed by atoms with E-state index in [-0.39, 0.29) is 40.4 Å².